The van der Waals surface area contributed by atoms with E-state index in [1.807, 2.05) is 0 Å². The minimum Gasteiger partial charge on any atom is -0.282 e. The Morgan fingerprint density at radius 1 is 1.75 bits per heavy atom. The van der Waals surface area contributed by atoms with E-state index >= 15 is 0 Å². The molecule has 68 valence electrons. The molecule has 1 saturated heterocycles. The fourth-order valence-electron chi connectivity index (χ4n) is 1.21. The van der Waals surface area contributed by atoms with Crippen molar-refractivity contribution in [1.82, 2.24) is 4.90 Å². The Morgan fingerprint density at radius 2 is 2.42 bits per heavy atom. The highest BCUT2D eigenvalue weighted by molar-refractivity contribution is 6.19. The molecule has 0 spiro atoms. The minimum atomic E-state index is -0.242. The maximum Gasteiger partial charge on any atom is 0.233 e. The average molecular weight is 190 g/mol. The number of nitrogens with zero attached hydrogens (tertiary/aromatic N) is 1. The van der Waals surface area contributed by atoms with E-state index in [1.54, 1.807) is 6.92 Å². The molecule has 1 unspecified atom stereocenters. The van der Waals surface area contributed by atoms with Crippen LogP contribution in [0.1, 0.15) is 19.8 Å². The summed E-state index contributed by atoms with van der Waals surface area (Å²) in [6, 6.07) is 0. The van der Waals surface area contributed by atoms with Crippen LogP contribution < -0.4 is 0 Å². The molecule has 1 heterocycles. The zero-order valence-electron chi connectivity index (χ0n) is 7.05. The summed E-state index contributed by atoms with van der Waals surface area (Å²) >= 11 is 5.51. The first-order valence-corrected chi connectivity index (χ1v) is 4.60. The molecule has 1 fully saturated rings. The number of hydrogen-bond acceptors (Lipinski definition) is 2. The molecule has 1 aliphatic heterocycles. The van der Waals surface area contributed by atoms with E-state index in [0.717, 1.165) is 6.42 Å². The van der Waals surface area contributed by atoms with Crippen molar-refractivity contribution in [2.45, 2.75) is 19.8 Å². The quantitative estimate of drug-likeness (QED) is 0.608. The molecule has 0 radical (unpaired) electrons. The Bertz CT molecular complexity index is 205. The highest BCUT2D eigenvalue weighted by Gasteiger charge is 2.28. The Morgan fingerprint density at radius 3 is 2.83 bits per heavy atom. The number of carbonyl (C=O) groups excluding carboxylic acids is 2. The smallest absolute Gasteiger partial charge is 0.233 e. The first-order chi connectivity index (χ1) is 5.66. The summed E-state index contributed by atoms with van der Waals surface area (Å²) in [4.78, 5) is 23.8. The number of rotatable bonds is 2. The van der Waals surface area contributed by atoms with E-state index in [-0.39, 0.29) is 23.6 Å². The third kappa shape index (κ3) is 1.78. The van der Waals surface area contributed by atoms with Crippen LogP contribution in [0.5, 0.6) is 0 Å². The van der Waals surface area contributed by atoms with Crippen LogP contribution in [0.25, 0.3) is 0 Å². The molecule has 1 rings (SSSR count). The number of hydrogen-bond donors (Lipinski definition) is 0. The van der Waals surface area contributed by atoms with Gasteiger partial charge in [0.15, 0.2) is 0 Å². The van der Waals surface area contributed by atoms with Crippen molar-refractivity contribution in [3.63, 3.8) is 0 Å². The highest BCUT2D eigenvalue weighted by atomic mass is 35.5. The molecule has 2 amide bonds. The van der Waals surface area contributed by atoms with E-state index < -0.39 is 0 Å². The van der Waals surface area contributed by atoms with Gasteiger partial charge in [-0.05, 0) is 6.42 Å². The Hall–Kier alpha value is -0.570. The number of likely N-dealkylation sites (tertiary alicyclic amines) is 1. The highest BCUT2D eigenvalue weighted by Crippen LogP contribution is 2.14. The van der Waals surface area contributed by atoms with Crippen LogP contribution in [0.4, 0.5) is 0 Å². The van der Waals surface area contributed by atoms with Crippen molar-refractivity contribution in [2.75, 3.05) is 12.4 Å². The lowest BCUT2D eigenvalue weighted by Crippen LogP contribution is -2.36. The summed E-state index contributed by atoms with van der Waals surface area (Å²) in [6.07, 6.45) is 1.29. The average Bonchev–Trinajstić information content (AvgIpc) is 2.48. The molecule has 1 atom stereocenters. The van der Waals surface area contributed by atoms with E-state index in [2.05, 4.69) is 0 Å². The molecule has 0 aromatic heterocycles. The predicted octanol–water partition coefficient (Wildman–Crippen LogP) is 1.01. The maximum absolute atomic E-state index is 11.4. The second kappa shape index (κ2) is 3.90. The molecular formula is C8H12ClNO2. The molecule has 3 nitrogen and oxygen atoms in total. The molecule has 0 aromatic carbocycles. The fourth-order valence-corrected chi connectivity index (χ4v) is 1.35. The lowest BCUT2D eigenvalue weighted by Gasteiger charge is -2.16. The summed E-state index contributed by atoms with van der Waals surface area (Å²) < 4.78 is 0. The van der Waals surface area contributed by atoms with Crippen LogP contribution in [0, 0.1) is 5.92 Å². The third-order valence-corrected chi connectivity index (χ3v) is 2.46. The van der Waals surface area contributed by atoms with Gasteiger partial charge >= 0.3 is 0 Å². The largest absolute Gasteiger partial charge is 0.282 e. The number of halogens is 1. The van der Waals surface area contributed by atoms with Crippen molar-refractivity contribution in [3.05, 3.63) is 0 Å². The molecule has 12 heavy (non-hydrogen) atoms. The topological polar surface area (TPSA) is 37.4 Å². The maximum atomic E-state index is 11.4. The molecule has 0 aromatic rings. The molecular weight excluding hydrogens is 178 g/mol. The Labute approximate surface area is 76.7 Å². The Balaban J connectivity index is 2.57. The van der Waals surface area contributed by atoms with Gasteiger partial charge in [-0.1, -0.05) is 6.92 Å². The molecule has 0 saturated carbocycles. The van der Waals surface area contributed by atoms with Crippen molar-refractivity contribution >= 4 is 23.4 Å². The number of alkyl halides is 1. The van der Waals surface area contributed by atoms with Crippen molar-refractivity contribution in [2.24, 2.45) is 5.92 Å². The lowest BCUT2D eigenvalue weighted by atomic mass is 10.2. The van der Waals surface area contributed by atoms with Crippen LogP contribution >= 0.6 is 11.6 Å². The zero-order valence-corrected chi connectivity index (χ0v) is 7.80. The van der Waals surface area contributed by atoms with Crippen molar-refractivity contribution < 1.29 is 9.59 Å². The monoisotopic (exact) mass is 189 g/mol. The summed E-state index contributed by atoms with van der Waals surface area (Å²) in [7, 11) is 0. The SMILES string of the molecule is CC(CCl)C(=O)N1CCCC1=O. The van der Waals surface area contributed by atoms with Gasteiger partial charge in [0.25, 0.3) is 0 Å². The zero-order chi connectivity index (χ0) is 9.14. The van der Waals surface area contributed by atoms with Crippen LogP contribution in [0.2, 0.25) is 0 Å². The number of carbonyl (C=O) groups is 2. The third-order valence-electron chi connectivity index (χ3n) is 1.99. The van der Waals surface area contributed by atoms with Crippen LogP contribution in [0.15, 0.2) is 0 Å². The van der Waals surface area contributed by atoms with Crippen molar-refractivity contribution in [1.29, 1.82) is 0 Å². The normalized spacial score (nSPS) is 19.8. The van der Waals surface area contributed by atoms with Gasteiger partial charge in [0.1, 0.15) is 0 Å². The Kier molecular flexibility index (Phi) is 3.09. The molecule has 1 aliphatic rings. The van der Waals surface area contributed by atoms with Gasteiger partial charge < -0.3 is 0 Å². The van der Waals surface area contributed by atoms with Crippen LogP contribution in [-0.4, -0.2) is 29.1 Å². The predicted molar refractivity (Wildman–Crippen MR) is 45.8 cm³/mol. The first kappa shape index (κ1) is 9.52. The second-order valence-electron chi connectivity index (χ2n) is 3.04. The van der Waals surface area contributed by atoms with Gasteiger partial charge in [-0.25, -0.2) is 0 Å². The number of amides is 2. The van der Waals surface area contributed by atoms with Gasteiger partial charge in [-0.2, -0.15) is 0 Å². The summed E-state index contributed by atoms with van der Waals surface area (Å²) in [6.45, 7) is 2.31. The van der Waals surface area contributed by atoms with E-state index in [0.29, 0.717) is 13.0 Å². The second-order valence-corrected chi connectivity index (χ2v) is 3.35. The van der Waals surface area contributed by atoms with E-state index in [1.165, 1.54) is 4.90 Å². The molecule has 0 aliphatic carbocycles. The first-order valence-electron chi connectivity index (χ1n) is 4.07. The van der Waals surface area contributed by atoms with E-state index in [4.69, 9.17) is 11.6 Å². The number of imide groups is 1. The van der Waals surface area contributed by atoms with Gasteiger partial charge in [0.2, 0.25) is 11.8 Å². The standard InChI is InChI=1S/C8H12ClNO2/c1-6(5-9)8(12)10-4-2-3-7(10)11/h6H,2-5H2,1H3. The molecule has 0 bridgehead atoms. The van der Waals surface area contributed by atoms with E-state index in [9.17, 15) is 9.59 Å². The minimum absolute atomic E-state index is 0.0584. The molecule has 4 heteroatoms. The van der Waals surface area contributed by atoms with Gasteiger partial charge in [0.05, 0.1) is 0 Å². The van der Waals surface area contributed by atoms with Gasteiger partial charge in [-0.3, -0.25) is 14.5 Å². The summed E-state index contributed by atoms with van der Waals surface area (Å²) in [5, 5.41) is 0. The van der Waals surface area contributed by atoms with Crippen molar-refractivity contribution in [3.8, 4) is 0 Å². The van der Waals surface area contributed by atoms with Crippen LogP contribution in [-0.2, 0) is 9.59 Å². The lowest BCUT2D eigenvalue weighted by molar-refractivity contribution is -0.143. The van der Waals surface area contributed by atoms with Gasteiger partial charge in [0, 0.05) is 24.8 Å². The molecule has 0 N–H and O–H groups in total. The summed E-state index contributed by atoms with van der Waals surface area (Å²) in [5.41, 5.74) is 0. The fraction of sp³-hybridized carbons (Fsp3) is 0.750. The summed E-state index contributed by atoms with van der Waals surface area (Å²) in [5.74, 6) is -0.152. The van der Waals surface area contributed by atoms with Gasteiger partial charge in [-0.15, -0.1) is 11.6 Å². The van der Waals surface area contributed by atoms with Crippen LogP contribution in [0.3, 0.4) is 0 Å².